The number of hydrogen-bond donors (Lipinski definition) is 1. The summed E-state index contributed by atoms with van der Waals surface area (Å²) < 4.78 is 5.53. The molecule has 0 radical (unpaired) electrons. The van der Waals surface area contributed by atoms with Crippen molar-refractivity contribution in [3.8, 4) is 5.75 Å². The van der Waals surface area contributed by atoms with Crippen molar-refractivity contribution in [1.82, 2.24) is 0 Å². The highest BCUT2D eigenvalue weighted by Crippen LogP contribution is 2.30. The monoisotopic (exact) mass is 231 g/mol. The van der Waals surface area contributed by atoms with E-state index in [0.717, 1.165) is 24.7 Å². The molecule has 2 aliphatic rings. The number of aryl methyl sites for hydroxylation is 1. The molecule has 1 saturated carbocycles. The predicted molar refractivity (Wildman–Crippen MR) is 69.3 cm³/mol. The summed E-state index contributed by atoms with van der Waals surface area (Å²) >= 11 is 0. The maximum Gasteiger partial charge on any atom is 0.122 e. The van der Waals surface area contributed by atoms with Crippen molar-refractivity contribution in [2.75, 3.05) is 6.61 Å². The second-order valence-electron chi connectivity index (χ2n) is 5.43. The molecule has 2 heteroatoms. The third-order valence-corrected chi connectivity index (χ3v) is 4.28. The van der Waals surface area contributed by atoms with Crippen molar-refractivity contribution in [3.63, 3.8) is 0 Å². The molecule has 17 heavy (non-hydrogen) atoms. The van der Waals surface area contributed by atoms with E-state index in [0.29, 0.717) is 6.04 Å². The van der Waals surface area contributed by atoms with Crippen LogP contribution >= 0.6 is 0 Å². The fourth-order valence-electron chi connectivity index (χ4n) is 3.17. The Balaban J connectivity index is 1.61. The number of hydrogen-bond acceptors (Lipinski definition) is 2. The number of benzene rings is 1. The third kappa shape index (κ3) is 2.32. The standard InChI is InChI=1S/C15H21NO/c16-14-3-1-2-12(14)6-4-11-5-7-15-13(10-11)8-9-17-15/h5,7,10,12,14H,1-4,6,8-9,16H2. The van der Waals surface area contributed by atoms with Gasteiger partial charge in [0.2, 0.25) is 0 Å². The average Bonchev–Trinajstić information content (AvgIpc) is 2.94. The van der Waals surface area contributed by atoms with Crippen LogP contribution in [0.15, 0.2) is 18.2 Å². The third-order valence-electron chi connectivity index (χ3n) is 4.28. The van der Waals surface area contributed by atoms with Gasteiger partial charge in [-0.05, 0) is 48.8 Å². The van der Waals surface area contributed by atoms with Crippen LogP contribution in [0.2, 0.25) is 0 Å². The summed E-state index contributed by atoms with van der Waals surface area (Å²) in [4.78, 5) is 0. The molecule has 1 aromatic rings. The second-order valence-corrected chi connectivity index (χ2v) is 5.43. The summed E-state index contributed by atoms with van der Waals surface area (Å²) in [5.41, 5.74) is 8.95. The highest BCUT2D eigenvalue weighted by Gasteiger charge is 2.23. The van der Waals surface area contributed by atoms with Gasteiger partial charge in [-0.15, -0.1) is 0 Å². The summed E-state index contributed by atoms with van der Waals surface area (Å²) in [7, 11) is 0. The van der Waals surface area contributed by atoms with Gasteiger partial charge in [-0.25, -0.2) is 0 Å². The molecule has 92 valence electrons. The minimum absolute atomic E-state index is 0.452. The highest BCUT2D eigenvalue weighted by molar-refractivity contribution is 5.39. The smallest absolute Gasteiger partial charge is 0.122 e. The highest BCUT2D eigenvalue weighted by atomic mass is 16.5. The Labute approximate surface area is 103 Å². The van der Waals surface area contributed by atoms with Crippen LogP contribution in [-0.2, 0) is 12.8 Å². The van der Waals surface area contributed by atoms with Gasteiger partial charge in [0.25, 0.3) is 0 Å². The first-order chi connectivity index (χ1) is 8.33. The maximum absolute atomic E-state index is 6.11. The zero-order valence-corrected chi connectivity index (χ0v) is 10.3. The SMILES string of the molecule is NC1CCCC1CCc1ccc2c(c1)CCO2. The molecule has 3 rings (SSSR count). The van der Waals surface area contributed by atoms with Gasteiger partial charge in [0.05, 0.1) is 6.61 Å². The normalized spacial score (nSPS) is 26.9. The Kier molecular flexibility index (Phi) is 3.06. The van der Waals surface area contributed by atoms with Crippen molar-refractivity contribution < 1.29 is 4.74 Å². The molecule has 1 aliphatic heterocycles. The van der Waals surface area contributed by atoms with Crippen LogP contribution in [0.3, 0.4) is 0 Å². The van der Waals surface area contributed by atoms with Crippen LogP contribution in [0.25, 0.3) is 0 Å². The first kappa shape index (κ1) is 11.1. The van der Waals surface area contributed by atoms with Gasteiger partial charge >= 0.3 is 0 Å². The molecule has 1 heterocycles. The first-order valence-corrected chi connectivity index (χ1v) is 6.83. The van der Waals surface area contributed by atoms with Crippen LogP contribution in [0.4, 0.5) is 0 Å². The number of fused-ring (bicyclic) bond motifs is 1. The van der Waals surface area contributed by atoms with Crippen molar-refractivity contribution in [2.45, 2.75) is 44.6 Å². The lowest BCUT2D eigenvalue weighted by Gasteiger charge is -2.15. The molecule has 1 fully saturated rings. The predicted octanol–water partition coefficient (Wildman–Crippen LogP) is 2.68. The number of nitrogens with two attached hydrogens (primary N) is 1. The van der Waals surface area contributed by atoms with Crippen LogP contribution in [0.5, 0.6) is 5.75 Å². The van der Waals surface area contributed by atoms with E-state index in [1.165, 1.54) is 43.2 Å². The van der Waals surface area contributed by atoms with Crippen molar-refractivity contribution in [2.24, 2.45) is 11.7 Å². The van der Waals surface area contributed by atoms with Gasteiger partial charge in [-0.1, -0.05) is 18.6 Å². The van der Waals surface area contributed by atoms with Gasteiger partial charge in [-0.3, -0.25) is 0 Å². The molecule has 0 amide bonds. The average molecular weight is 231 g/mol. The van der Waals surface area contributed by atoms with E-state index in [1.54, 1.807) is 0 Å². The van der Waals surface area contributed by atoms with Crippen LogP contribution in [0, 0.1) is 5.92 Å². The minimum Gasteiger partial charge on any atom is -0.493 e. The molecular weight excluding hydrogens is 210 g/mol. The van der Waals surface area contributed by atoms with Crippen molar-refractivity contribution >= 4 is 0 Å². The maximum atomic E-state index is 6.11. The molecule has 2 N–H and O–H groups in total. The molecule has 0 aromatic heterocycles. The lowest BCUT2D eigenvalue weighted by atomic mass is 9.94. The Bertz CT molecular complexity index is 402. The summed E-state index contributed by atoms with van der Waals surface area (Å²) in [6.45, 7) is 0.853. The van der Waals surface area contributed by atoms with Crippen molar-refractivity contribution in [3.05, 3.63) is 29.3 Å². The van der Waals surface area contributed by atoms with Gasteiger partial charge in [0, 0.05) is 12.5 Å². The summed E-state index contributed by atoms with van der Waals surface area (Å²) in [6, 6.07) is 7.12. The summed E-state index contributed by atoms with van der Waals surface area (Å²) in [5.74, 6) is 1.84. The Morgan fingerprint density at radius 3 is 3.06 bits per heavy atom. The molecule has 2 unspecified atom stereocenters. The van der Waals surface area contributed by atoms with E-state index >= 15 is 0 Å². The zero-order valence-electron chi connectivity index (χ0n) is 10.3. The Hall–Kier alpha value is -1.02. The second kappa shape index (κ2) is 4.69. The van der Waals surface area contributed by atoms with E-state index in [9.17, 15) is 0 Å². The van der Waals surface area contributed by atoms with Crippen LogP contribution in [0.1, 0.15) is 36.8 Å². The molecule has 1 aromatic carbocycles. The van der Waals surface area contributed by atoms with E-state index in [4.69, 9.17) is 10.5 Å². The van der Waals surface area contributed by atoms with Gasteiger partial charge < -0.3 is 10.5 Å². The molecule has 0 saturated heterocycles. The molecule has 1 aliphatic carbocycles. The minimum atomic E-state index is 0.452. The lowest BCUT2D eigenvalue weighted by Crippen LogP contribution is -2.24. The van der Waals surface area contributed by atoms with E-state index in [1.807, 2.05) is 0 Å². The van der Waals surface area contributed by atoms with Crippen LogP contribution < -0.4 is 10.5 Å². The quantitative estimate of drug-likeness (QED) is 0.868. The van der Waals surface area contributed by atoms with Crippen molar-refractivity contribution in [1.29, 1.82) is 0 Å². The molecule has 2 nitrogen and oxygen atoms in total. The Morgan fingerprint density at radius 2 is 2.24 bits per heavy atom. The number of ether oxygens (including phenoxy) is 1. The largest absolute Gasteiger partial charge is 0.493 e. The fraction of sp³-hybridized carbons (Fsp3) is 0.600. The van der Waals surface area contributed by atoms with E-state index < -0.39 is 0 Å². The van der Waals surface area contributed by atoms with Gasteiger partial charge in [0.15, 0.2) is 0 Å². The molecule has 2 atom stereocenters. The first-order valence-electron chi connectivity index (χ1n) is 6.83. The molecule has 0 spiro atoms. The summed E-state index contributed by atoms with van der Waals surface area (Å²) in [5, 5.41) is 0. The van der Waals surface area contributed by atoms with E-state index in [-0.39, 0.29) is 0 Å². The topological polar surface area (TPSA) is 35.2 Å². The van der Waals surface area contributed by atoms with Gasteiger partial charge in [-0.2, -0.15) is 0 Å². The van der Waals surface area contributed by atoms with E-state index in [2.05, 4.69) is 18.2 Å². The zero-order chi connectivity index (χ0) is 11.7. The summed E-state index contributed by atoms with van der Waals surface area (Å²) in [6.07, 6.45) is 7.38. The molecule has 0 bridgehead atoms. The fourth-order valence-corrected chi connectivity index (χ4v) is 3.17. The van der Waals surface area contributed by atoms with Crippen LogP contribution in [-0.4, -0.2) is 12.6 Å². The number of rotatable bonds is 3. The van der Waals surface area contributed by atoms with Gasteiger partial charge in [0.1, 0.15) is 5.75 Å². The molecular formula is C15H21NO. The lowest BCUT2D eigenvalue weighted by molar-refractivity contribution is 0.357. The Morgan fingerprint density at radius 1 is 1.29 bits per heavy atom.